The van der Waals surface area contributed by atoms with E-state index < -0.39 is 17.0 Å². The first kappa shape index (κ1) is 42.6. The van der Waals surface area contributed by atoms with Crippen LogP contribution in [0, 0.1) is 11.6 Å². The second kappa shape index (κ2) is 17.7. The summed E-state index contributed by atoms with van der Waals surface area (Å²) in [6, 6.07) is 8.04. The molecular formula is C38H43BrF2N6O7S2. The average molecular weight is 878 g/mol. The summed E-state index contributed by atoms with van der Waals surface area (Å²) < 4.78 is 46.9. The first-order valence-corrected chi connectivity index (χ1v) is 20.2. The molecule has 2 aliphatic rings. The van der Waals surface area contributed by atoms with Gasteiger partial charge in [-0.05, 0) is 91.5 Å². The summed E-state index contributed by atoms with van der Waals surface area (Å²) >= 11 is 9.43. The summed E-state index contributed by atoms with van der Waals surface area (Å²) in [4.78, 5) is 44.0. The Labute approximate surface area is 339 Å². The number of thiazole rings is 1. The molecule has 0 unspecified atom stereocenters. The molecule has 2 saturated heterocycles. The lowest BCUT2D eigenvalue weighted by Gasteiger charge is -2.27. The van der Waals surface area contributed by atoms with Gasteiger partial charge in [0.1, 0.15) is 39.2 Å². The van der Waals surface area contributed by atoms with Gasteiger partial charge in [-0.15, -0.1) is 11.3 Å². The number of hydrogen-bond donors (Lipinski definition) is 1. The van der Waals surface area contributed by atoms with Gasteiger partial charge in [-0.2, -0.15) is 0 Å². The molecule has 2 atom stereocenters. The molecular weight excluding hydrogens is 834 g/mol. The highest BCUT2D eigenvalue weighted by Crippen LogP contribution is 2.37. The van der Waals surface area contributed by atoms with Gasteiger partial charge < -0.3 is 24.3 Å². The molecule has 2 fully saturated rings. The molecule has 0 saturated carbocycles. The van der Waals surface area contributed by atoms with E-state index in [1.165, 1.54) is 41.7 Å². The van der Waals surface area contributed by atoms with Crippen LogP contribution in [-0.4, -0.2) is 83.7 Å². The first-order chi connectivity index (χ1) is 26.3. The Kier molecular flexibility index (Phi) is 13.5. The Balaban J connectivity index is 0.000000176. The number of Topliss-reactive ketones (excluding diaryl/α,β-unsaturated/α-hetero) is 1. The molecule has 2 amide bonds. The Bertz CT molecular complexity index is 2210. The third-order valence-electron chi connectivity index (χ3n) is 8.39. The van der Waals surface area contributed by atoms with Crippen LogP contribution in [0.5, 0.6) is 0 Å². The predicted molar refractivity (Wildman–Crippen MR) is 215 cm³/mol. The van der Waals surface area contributed by atoms with E-state index in [2.05, 4.69) is 31.2 Å². The number of carbonyl (C=O) groups is 3. The fourth-order valence-corrected chi connectivity index (χ4v) is 7.45. The normalized spacial score (nSPS) is 16.9. The highest BCUT2D eigenvalue weighted by atomic mass is 79.9. The quantitative estimate of drug-likeness (QED) is 0.101. The molecule has 0 radical (unpaired) electrons. The number of amides is 2. The van der Waals surface area contributed by atoms with E-state index in [4.69, 9.17) is 36.5 Å². The van der Waals surface area contributed by atoms with Crippen molar-refractivity contribution in [3.8, 4) is 11.4 Å². The highest BCUT2D eigenvalue weighted by molar-refractivity contribution is 9.09. The third kappa shape index (κ3) is 10.6. The molecule has 18 heteroatoms. The molecule has 7 rings (SSSR count). The Hall–Kier alpha value is -4.55. The molecule has 56 heavy (non-hydrogen) atoms. The van der Waals surface area contributed by atoms with Gasteiger partial charge in [-0.3, -0.25) is 14.6 Å². The van der Waals surface area contributed by atoms with Crippen molar-refractivity contribution in [2.45, 2.75) is 90.5 Å². The van der Waals surface area contributed by atoms with E-state index in [0.717, 1.165) is 30.7 Å². The smallest absolute Gasteiger partial charge is 0.410 e. The molecule has 2 aromatic carbocycles. The van der Waals surface area contributed by atoms with Gasteiger partial charge in [0.2, 0.25) is 0 Å². The number of halogens is 3. The Morgan fingerprint density at radius 3 is 2.05 bits per heavy atom. The van der Waals surface area contributed by atoms with Crippen molar-refractivity contribution in [3.05, 3.63) is 64.1 Å². The lowest BCUT2D eigenvalue weighted by atomic mass is 10.2. The fraction of sp³-hybridized carbons (Fsp3) is 0.447. The van der Waals surface area contributed by atoms with E-state index in [1.54, 1.807) is 15.9 Å². The average Bonchev–Trinajstić information content (AvgIpc) is 3.95. The van der Waals surface area contributed by atoms with Crippen LogP contribution in [0.3, 0.4) is 0 Å². The van der Waals surface area contributed by atoms with E-state index in [0.29, 0.717) is 45.8 Å². The number of benzene rings is 2. The zero-order valence-electron chi connectivity index (χ0n) is 31.8. The molecule has 2 N–H and O–H groups in total. The third-order valence-corrected chi connectivity index (χ3v) is 10.1. The van der Waals surface area contributed by atoms with E-state index >= 15 is 0 Å². The van der Waals surface area contributed by atoms with Gasteiger partial charge in [0, 0.05) is 30.6 Å². The van der Waals surface area contributed by atoms with Crippen LogP contribution in [0.2, 0.25) is 0 Å². The number of nitrogens with two attached hydrogens (primary N) is 1. The summed E-state index contributed by atoms with van der Waals surface area (Å²) in [5, 5.41) is 11.8. The summed E-state index contributed by atoms with van der Waals surface area (Å²) in [6.45, 7) is 12.4. The molecule has 3 aromatic heterocycles. The van der Waals surface area contributed by atoms with E-state index in [1.807, 2.05) is 46.9 Å². The number of carbonyl (C=O) groups excluding carboxylic acids is 3. The number of ether oxygens (including phenoxy) is 2. The van der Waals surface area contributed by atoms with Crippen molar-refractivity contribution in [2.75, 3.05) is 18.4 Å². The number of fused-ring (bicyclic) bond motifs is 2. The molecule has 0 bridgehead atoms. The number of likely N-dealkylation sites (tertiary alicyclic amines) is 2. The lowest BCUT2D eigenvalue weighted by Crippen LogP contribution is -2.45. The fourth-order valence-electron chi connectivity index (χ4n) is 5.99. The first-order valence-electron chi connectivity index (χ1n) is 17.8. The maximum Gasteiger partial charge on any atom is 0.410 e. The highest BCUT2D eigenvalue weighted by Gasteiger charge is 2.36. The van der Waals surface area contributed by atoms with Crippen molar-refractivity contribution in [1.82, 2.24) is 25.1 Å². The van der Waals surface area contributed by atoms with Gasteiger partial charge in [-0.1, -0.05) is 38.5 Å². The van der Waals surface area contributed by atoms with Crippen molar-refractivity contribution in [3.63, 3.8) is 0 Å². The number of ketones is 1. The van der Waals surface area contributed by atoms with Crippen molar-refractivity contribution < 1.29 is 41.7 Å². The SMILES string of the molecule is CC(C)(C)OC(=O)N1CCC[C@H]1C(N)=S.CC(C)(C)OC(=O)N1CCC[C@H]1c1nc(-c2noc3cc(F)ccc23)cs1.O=C(CBr)c1noc2cc(F)ccc12. The van der Waals surface area contributed by atoms with Crippen LogP contribution < -0.4 is 5.73 Å². The van der Waals surface area contributed by atoms with Crippen LogP contribution in [0.25, 0.3) is 33.3 Å². The lowest BCUT2D eigenvalue weighted by molar-refractivity contribution is 0.0221. The van der Waals surface area contributed by atoms with Crippen LogP contribution in [0.15, 0.2) is 50.8 Å². The van der Waals surface area contributed by atoms with Crippen molar-refractivity contribution in [1.29, 1.82) is 0 Å². The Morgan fingerprint density at radius 2 is 1.45 bits per heavy atom. The minimum Gasteiger partial charge on any atom is -0.444 e. The minimum atomic E-state index is -0.535. The maximum absolute atomic E-state index is 13.3. The largest absolute Gasteiger partial charge is 0.444 e. The van der Waals surface area contributed by atoms with Gasteiger partial charge >= 0.3 is 12.2 Å². The number of thiocarbonyl (C=S) groups is 1. The van der Waals surface area contributed by atoms with E-state index in [-0.39, 0.29) is 52.5 Å². The maximum atomic E-state index is 13.3. The molecule has 5 aromatic rings. The van der Waals surface area contributed by atoms with Crippen LogP contribution in [-0.2, 0) is 9.47 Å². The van der Waals surface area contributed by atoms with Gasteiger partial charge in [0.05, 0.1) is 33.2 Å². The summed E-state index contributed by atoms with van der Waals surface area (Å²) in [6.07, 6.45) is 2.89. The van der Waals surface area contributed by atoms with Crippen LogP contribution >= 0.6 is 39.5 Å². The van der Waals surface area contributed by atoms with Gasteiger partial charge in [0.15, 0.2) is 22.6 Å². The number of hydrogen-bond acceptors (Lipinski definition) is 12. The monoisotopic (exact) mass is 876 g/mol. The number of aromatic nitrogens is 3. The number of nitrogens with zero attached hydrogens (tertiary/aromatic N) is 5. The second-order valence-electron chi connectivity index (χ2n) is 15.0. The predicted octanol–water partition coefficient (Wildman–Crippen LogP) is 9.38. The van der Waals surface area contributed by atoms with Gasteiger partial charge in [-0.25, -0.2) is 23.4 Å². The molecule has 0 aliphatic carbocycles. The zero-order valence-corrected chi connectivity index (χ0v) is 35.0. The van der Waals surface area contributed by atoms with Gasteiger partial charge in [0.25, 0.3) is 0 Å². The summed E-state index contributed by atoms with van der Waals surface area (Å²) in [5.74, 6) is -0.968. The minimum absolute atomic E-state index is 0.103. The second-order valence-corrected chi connectivity index (χ2v) is 17.0. The summed E-state index contributed by atoms with van der Waals surface area (Å²) in [7, 11) is 0. The molecule has 13 nitrogen and oxygen atoms in total. The molecule has 2 aliphatic heterocycles. The standard InChI is InChI=1S/C19H20FN3O3S.C10H18N2O2S.C9H5BrFNO2/c1-19(2,3)25-18(24)23-8-4-5-14(23)17-21-13(10-27-17)16-12-7-6-11(20)9-15(12)26-22-16;1-10(2,3)14-9(13)12-6-4-5-7(12)8(11)15;10-4-7(13)9-6-2-1-5(11)3-8(6)14-12-9/h6-7,9-10,14H,4-5,8H2,1-3H3;7H,4-6H2,1-3H3,(H2,11,15);1-3H,4H2/t14-;7-;/m00./s1. The molecule has 0 spiro atoms. The Morgan fingerprint density at radius 1 is 0.893 bits per heavy atom. The zero-order chi connectivity index (χ0) is 40.9. The summed E-state index contributed by atoms with van der Waals surface area (Å²) in [5.41, 5.74) is 6.71. The van der Waals surface area contributed by atoms with Crippen LogP contribution in [0.4, 0.5) is 18.4 Å². The topological polar surface area (TPSA) is 167 Å². The van der Waals surface area contributed by atoms with Crippen molar-refractivity contribution in [2.24, 2.45) is 5.73 Å². The number of rotatable bonds is 5. The van der Waals surface area contributed by atoms with Crippen molar-refractivity contribution >= 4 is 84.4 Å². The number of alkyl halides is 1. The van der Waals surface area contributed by atoms with E-state index in [9.17, 15) is 23.2 Å². The van der Waals surface area contributed by atoms with Crippen LogP contribution in [0.1, 0.15) is 88.8 Å². The molecule has 5 heterocycles. The molecule has 300 valence electrons.